The molecule has 17 heavy (non-hydrogen) atoms. The Labute approximate surface area is 98.9 Å². The minimum atomic E-state index is 0.870. The summed E-state index contributed by atoms with van der Waals surface area (Å²) in [6.45, 7) is 0. The fraction of sp³-hybridized carbons (Fsp3) is 0.0769. The molecule has 0 atom stereocenters. The molecule has 3 aromatic rings. The van der Waals surface area contributed by atoms with Gasteiger partial charge in [0.1, 0.15) is 0 Å². The molecule has 0 saturated heterocycles. The number of benzene rings is 1. The molecule has 0 unspecified atom stereocenters. The molecule has 0 fully saturated rings. The lowest BCUT2D eigenvalue weighted by atomic mass is 10.2. The molecule has 2 aromatic heterocycles. The van der Waals surface area contributed by atoms with E-state index in [1.54, 1.807) is 12.4 Å². The summed E-state index contributed by atoms with van der Waals surface area (Å²) in [5.74, 6) is 0.870. The number of nitrogens with one attached hydrogen (secondary N) is 1. The predicted molar refractivity (Wildman–Crippen MR) is 68.2 cm³/mol. The van der Waals surface area contributed by atoms with Crippen LogP contribution in [0, 0.1) is 0 Å². The fourth-order valence-corrected chi connectivity index (χ4v) is 1.88. The fourth-order valence-electron chi connectivity index (χ4n) is 1.88. The molecule has 4 nitrogen and oxygen atoms in total. The van der Waals surface area contributed by atoms with Crippen molar-refractivity contribution in [2.45, 2.75) is 0 Å². The van der Waals surface area contributed by atoms with Crippen LogP contribution in [0.2, 0.25) is 0 Å². The number of pyridine rings is 1. The summed E-state index contributed by atoms with van der Waals surface area (Å²) in [6.07, 6.45) is 3.51. The van der Waals surface area contributed by atoms with Crippen LogP contribution in [0.1, 0.15) is 0 Å². The van der Waals surface area contributed by atoms with Gasteiger partial charge in [-0.2, -0.15) is 5.10 Å². The lowest BCUT2D eigenvalue weighted by Gasteiger charge is -2.01. The standard InChI is InChI=1S/C13H12N4/c1-17-12-5-3-2-4-11(12)13(16-17)15-10-6-8-14-9-7-10/h2-9H,1H3,(H,14,15,16). The summed E-state index contributed by atoms with van der Waals surface area (Å²) in [5.41, 5.74) is 2.10. The van der Waals surface area contributed by atoms with Gasteiger partial charge >= 0.3 is 0 Å². The van der Waals surface area contributed by atoms with E-state index in [9.17, 15) is 0 Å². The van der Waals surface area contributed by atoms with Crippen LogP contribution in [0.25, 0.3) is 10.9 Å². The average molecular weight is 224 g/mol. The number of aromatic nitrogens is 3. The quantitative estimate of drug-likeness (QED) is 0.727. The monoisotopic (exact) mass is 224 g/mol. The van der Waals surface area contributed by atoms with Crippen molar-refractivity contribution >= 4 is 22.4 Å². The van der Waals surface area contributed by atoms with Crippen LogP contribution in [0.5, 0.6) is 0 Å². The Bertz CT molecular complexity index is 643. The Hall–Kier alpha value is -2.36. The summed E-state index contributed by atoms with van der Waals surface area (Å²) >= 11 is 0. The molecule has 84 valence electrons. The number of rotatable bonds is 2. The minimum Gasteiger partial charge on any atom is -0.338 e. The van der Waals surface area contributed by atoms with Gasteiger partial charge in [-0.3, -0.25) is 9.67 Å². The first kappa shape index (κ1) is 9.84. The van der Waals surface area contributed by atoms with E-state index in [0.29, 0.717) is 0 Å². The molecule has 0 aliphatic heterocycles. The lowest BCUT2D eigenvalue weighted by Crippen LogP contribution is -1.93. The van der Waals surface area contributed by atoms with E-state index in [4.69, 9.17) is 0 Å². The largest absolute Gasteiger partial charge is 0.338 e. The summed E-state index contributed by atoms with van der Waals surface area (Å²) in [5, 5.41) is 8.88. The highest BCUT2D eigenvalue weighted by molar-refractivity contribution is 5.91. The number of hydrogen-bond acceptors (Lipinski definition) is 3. The smallest absolute Gasteiger partial charge is 0.160 e. The number of fused-ring (bicyclic) bond motifs is 1. The molecule has 2 heterocycles. The second-order valence-corrected chi connectivity index (χ2v) is 3.85. The van der Waals surface area contributed by atoms with E-state index in [2.05, 4.69) is 27.5 Å². The van der Waals surface area contributed by atoms with Crippen molar-refractivity contribution in [3.05, 3.63) is 48.8 Å². The van der Waals surface area contributed by atoms with Crippen LogP contribution in [-0.4, -0.2) is 14.8 Å². The van der Waals surface area contributed by atoms with Crippen molar-refractivity contribution < 1.29 is 0 Å². The van der Waals surface area contributed by atoms with E-state index in [1.807, 2.05) is 36.0 Å². The van der Waals surface area contributed by atoms with Crippen LogP contribution < -0.4 is 5.32 Å². The summed E-state index contributed by atoms with van der Waals surface area (Å²) in [6, 6.07) is 12.0. The molecule has 0 aliphatic rings. The lowest BCUT2D eigenvalue weighted by molar-refractivity contribution is 0.801. The zero-order chi connectivity index (χ0) is 11.7. The first-order chi connectivity index (χ1) is 8.34. The third kappa shape index (κ3) is 1.73. The maximum Gasteiger partial charge on any atom is 0.160 e. The molecule has 0 saturated carbocycles. The van der Waals surface area contributed by atoms with Gasteiger partial charge in [0.2, 0.25) is 0 Å². The van der Waals surface area contributed by atoms with Gasteiger partial charge in [-0.05, 0) is 24.3 Å². The topological polar surface area (TPSA) is 42.7 Å². The van der Waals surface area contributed by atoms with Gasteiger partial charge in [-0.25, -0.2) is 0 Å². The molecule has 4 heteroatoms. The van der Waals surface area contributed by atoms with E-state index in [1.165, 1.54) is 0 Å². The normalized spacial score (nSPS) is 10.6. The number of anilines is 2. The summed E-state index contributed by atoms with van der Waals surface area (Å²) < 4.78 is 1.87. The second-order valence-electron chi connectivity index (χ2n) is 3.85. The summed E-state index contributed by atoms with van der Waals surface area (Å²) in [4.78, 5) is 3.99. The van der Waals surface area contributed by atoms with Gasteiger partial charge in [-0.1, -0.05) is 12.1 Å². The van der Waals surface area contributed by atoms with Gasteiger partial charge in [0, 0.05) is 30.5 Å². The van der Waals surface area contributed by atoms with Crippen LogP contribution in [0.4, 0.5) is 11.5 Å². The molecule has 0 aliphatic carbocycles. The Morgan fingerprint density at radius 2 is 1.82 bits per heavy atom. The number of aryl methyl sites for hydroxylation is 1. The zero-order valence-corrected chi connectivity index (χ0v) is 9.46. The van der Waals surface area contributed by atoms with Gasteiger partial charge in [0.05, 0.1) is 5.52 Å². The van der Waals surface area contributed by atoms with Crippen LogP contribution >= 0.6 is 0 Å². The van der Waals surface area contributed by atoms with Crippen molar-refractivity contribution in [2.24, 2.45) is 7.05 Å². The number of para-hydroxylation sites is 1. The van der Waals surface area contributed by atoms with Crippen molar-refractivity contribution in [1.29, 1.82) is 0 Å². The Morgan fingerprint density at radius 1 is 1.06 bits per heavy atom. The molecule has 1 aromatic carbocycles. The highest BCUT2D eigenvalue weighted by Gasteiger charge is 2.07. The Balaban J connectivity index is 2.07. The van der Waals surface area contributed by atoms with E-state index < -0.39 is 0 Å². The van der Waals surface area contributed by atoms with E-state index in [0.717, 1.165) is 22.4 Å². The molecule has 0 radical (unpaired) electrons. The predicted octanol–water partition coefficient (Wildman–Crippen LogP) is 2.71. The van der Waals surface area contributed by atoms with Crippen molar-refractivity contribution in [3.63, 3.8) is 0 Å². The Kier molecular flexibility index (Phi) is 2.26. The first-order valence-corrected chi connectivity index (χ1v) is 5.43. The molecule has 1 N–H and O–H groups in total. The van der Waals surface area contributed by atoms with Crippen LogP contribution in [0.15, 0.2) is 48.8 Å². The SMILES string of the molecule is Cn1nc(Nc2ccncc2)c2ccccc21. The third-order valence-electron chi connectivity index (χ3n) is 2.70. The maximum absolute atomic E-state index is 4.47. The average Bonchev–Trinajstić information content (AvgIpc) is 2.69. The molecule has 0 amide bonds. The van der Waals surface area contributed by atoms with Crippen LogP contribution in [-0.2, 0) is 7.05 Å². The molecular formula is C13H12N4. The van der Waals surface area contributed by atoms with Crippen molar-refractivity contribution in [2.75, 3.05) is 5.32 Å². The summed E-state index contributed by atoms with van der Waals surface area (Å²) in [7, 11) is 1.94. The number of hydrogen-bond donors (Lipinski definition) is 1. The Morgan fingerprint density at radius 3 is 2.65 bits per heavy atom. The first-order valence-electron chi connectivity index (χ1n) is 5.43. The number of nitrogens with zero attached hydrogens (tertiary/aromatic N) is 3. The highest BCUT2D eigenvalue weighted by Crippen LogP contribution is 2.24. The van der Waals surface area contributed by atoms with Gasteiger partial charge in [-0.15, -0.1) is 0 Å². The minimum absolute atomic E-state index is 0.870. The van der Waals surface area contributed by atoms with Gasteiger partial charge < -0.3 is 5.32 Å². The molecule has 0 spiro atoms. The third-order valence-corrected chi connectivity index (χ3v) is 2.70. The molecule has 3 rings (SSSR count). The highest BCUT2D eigenvalue weighted by atomic mass is 15.3. The van der Waals surface area contributed by atoms with E-state index >= 15 is 0 Å². The maximum atomic E-state index is 4.47. The molecular weight excluding hydrogens is 212 g/mol. The van der Waals surface area contributed by atoms with Crippen LogP contribution in [0.3, 0.4) is 0 Å². The molecule has 0 bridgehead atoms. The van der Waals surface area contributed by atoms with Crippen molar-refractivity contribution in [3.8, 4) is 0 Å². The second kappa shape index (κ2) is 3.90. The van der Waals surface area contributed by atoms with Crippen molar-refractivity contribution in [1.82, 2.24) is 14.8 Å². The van der Waals surface area contributed by atoms with Gasteiger partial charge in [0.25, 0.3) is 0 Å². The zero-order valence-electron chi connectivity index (χ0n) is 9.46. The van der Waals surface area contributed by atoms with Gasteiger partial charge in [0.15, 0.2) is 5.82 Å². The van der Waals surface area contributed by atoms with E-state index in [-0.39, 0.29) is 0 Å².